The molecule has 3 aromatic carbocycles. The largest absolute Gasteiger partial charge is 0.484 e. The summed E-state index contributed by atoms with van der Waals surface area (Å²) in [6, 6.07) is 21.6. The highest BCUT2D eigenvalue weighted by molar-refractivity contribution is 9.10. The van der Waals surface area contributed by atoms with E-state index in [1.165, 1.54) is 6.07 Å². The molecule has 0 aromatic heterocycles. The second kappa shape index (κ2) is 10.8. The number of benzene rings is 3. The molecule has 0 radical (unpaired) electrons. The Kier molecular flexibility index (Phi) is 7.57. The van der Waals surface area contributed by atoms with E-state index in [1.807, 2.05) is 59.5 Å². The summed E-state index contributed by atoms with van der Waals surface area (Å²) < 4.78 is 20.6. The van der Waals surface area contributed by atoms with E-state index in [2.05, 4.69) is 26.1 Å². The van der Waals surface area contributed by atoms with Crippen molar-refractivity contribution in [1.82, 2.24) is 4.90 Å². The third-order valence-electron chi connectivity index (χ3n) is 5.36. The summed E-state index contributed by atoms with van der Waals surface area (Å²) in [6.07, 6.45) is 0. The first-order valence-corrected chi connectivity index (χ1v) is 11.8. The lowest BCUT2D eigenvalue weighted by atomic mass is 10.1. The molecule has 1 fully saturated rings. The Morgan fingerprint density at radius 2 is 1.64 bits per heavy atom. The molecule has 8 heteroatoms. The van der Waals surface area contributed by atoms with Gasteiger partial charge in [0.2, 0.25) is 0 Å². The van der Waals surface area contributed by atoms with Gasteiger partial charge in [-0.1, -0.05) is 40.3 Å². The Labute approximate surface area is 206 Å². The Hall–Kier alpha value is -2.97. The Morgan fingerprint density at radius 1 is 0.970 bits per heavy atom. The number of nitrogens with one attached hydrogen (secondary N) is 1. The average Bonchev–Trinajstić information content (AvgIpc) is 2.84. The second-order valence-corrected chi connectivity index (χ2v) is 8.90. The normalized spacial score (nSPS) is 13.5. The molecule has 1 aliphatic rings. The van der Waals surface area contributed by atoms with Gasteiger partial charge in [-0.25, -0.2) is 4.39 Å². The zero-order valence-electron chi connectivity index (χ0n) is 17.8. The molecule has 0 spiro atoms. The van der Waals surface area contributed by atoms with Gasteiger partial charge in [-0.15, -0.1) is 0 Å². The number of anilines is 2. The molecular weight excluding hydrogens is 505 g/mol. The average molecular weight is 528 g/mol. The van der Waals surface area contributed by atoms with Crippen molar-refractivity contribution in [2.75, 3.05) is 43.0 Å². The minimum absolute atomic E-state index is 0.0855. The van der Waals surface area contributed by atoms with Crippen molar-refractivity contribution >= 4 is 50.4 Å². The number of amides is 1. The zero-order valence-corrected chi connectivity index (χ0v) is 20.2. The molecule has 1 amide bonds. The molecule has 33 heavy (non-hydrogen) atoms. The smallest absolute Gasteiger partial charge is 0.262 e. The minimum Gasteiger partial charge on any atom is -0.484 e. The van der Waals surface area contributed by atoms with Crippen LogP contribution in [0.15, 0.2) is 77.3 Å². The first kappa shape index (κ1) is 23.2. The molecule has 0 saturated carbocycles. The van der Waals surface area contributed by atoms with Gasteiger partial charge in [0.1, 0.15) is 16.6 Å². The van der Waals surface area contributed by atoms with Crippen molar-refractivity contribution in [2.24, 2.45) is 0 Å². The van der Waals surface area contributed by atoms with E-state index in [0.717, 1.165) is 28.1 Å². The van der Waals surface area contributed by atoms with Crippen molar-refractivity contribution < 1.29 is 13.9 Å². The highest BCUT2D eigenvalue weighted by atomic mass is 79.9. The predicted molar refractivity (Wildman–Crippen MR) is 137 cm³/mol. The number of hydrogen-bond acceptors (Lipinski definition) is 4. The van der Waals surface area contributed by atoms with Gasteiger partial charge < -0.3 is 19.9 Å². The lowest BCUT2D eigenvalue weighted by Crippen LogP contribution is -2.48. The summed E-state index contributed by atoms with van der Waals surface area (Å²) in [5.74, 6) is 0.163. The number of hydrogen-bond donors (Lipinski definition) is 1. The van der Waals surface area contributed by atoms with Crippen molar-refractivity contribution in [3.05, 3.63) is 88.6 Å². The van der Waals surface area contributed by atoms with Gasteiger partial charge in [0, 0.05) is 41.9 Å². The SMILES string of the molecule is O=C(COc1ccc(C(=S)N2CCN(c3ccccc3F)CC2)cc1)Nc1ccc(Br)cc1. The molecule has 0 bridgehead atoms. The maximum Gasteiger partial charge on any atom is 0.262 e. The molecule has 0 unspecified atom stereocenters. The molecule has 1 N–H and O–H groups in total. The Morgan fingerprint density at radius 3 is 2.30 bits per heavy atom. The quantitative estimate of drug-likeness (QED) is 0.451. The van der Waals surface area contributed by atoms with E-state index >= 15 is 0 Å². The molecule has 0 atom stereocenters. The summed E-state index contributed by atoms with van der Waals surface area (Å²) in [5.41, 5.74) is 2.26. The molecule has 0 aliphatic carbocycles. The van der Waals surface area contributed by atoms with Crippen LogP contribution in [0, 0.1) is 5.82 Å². The van der Waals surface area contributed by atoms with Crippen LogP contribution < -0.4 is 15.0 Å². The topological polar surface area (TPSA) is 44.8 Å². The monoisotopic (exact) mass is 527 g/mol. The van der Waals surface area contributed by atoms with Crippen molar-refractivity contribution in [3.8, 4) is 5.75 Å². The predicted octanol–water partition coefficient (Wildman–Crippen LogP) is 5.10. The molecule has 1 heterocycles. The van der Waals surface area contributed by atoms with E-state index < -0.39 is 0 Å². The number of piperazine rings is 1. The van der Waals surface area contributed by atoms with Crippen LogP contribution in [0.1, 0.15) is 5.56 Å². The molecule has 3 aromatic rings. The molecule has 1 saturated heterocycles. The number of para-hydroxylation sites is 1. The summed E-state index contributed by atoms with van der Waals surface area (Å²) in [6.45, 7) is 2.77. The van der Waals surface area contributed by atoms with Crippen LogP contribution >= 0.6 is 28.1 Å². The maximum absolute atomic E-state index is 14.0. The van der Waals surface area contributed by atoms with Gasteiger partial charge in [-0.3, -0.25) is 4.79 Å². The number of carbonyl (C=O) groups excluding carboxylic acids is 1. The van der Waals surface area contributed by atoms with Crippen LogP contribution in [0.3, 0.4) is 0 Å². The molecule has 1 aliphatic heterocycles. The number of halogens is 2. The van der Waals surface area contributed by atoms with Gasteiger partial charge in [0.05, 0.1) is 5.69 Å². The highest BCUT2D eigenvalue weighted by Crippen LogP contribution is 2.22. The zero-order chi connectivity index (χ0) is 23.2. The van der Waals surface area contributed by atoms with Crippen LogP contribution in [-0.2, 0) is 4.79 Å². The third kappa shape index (κ3) is 6.09. The van der Waals surface area contributed by atoms with Crippen LogP contribution in [0.5, 0.6) is 5.75 Å². The third-order valence-corrected chi connectivity index (χ3v) is 6.38. The number of nitrogens with zero attached hydrogens (tertiary/aromatic N) is 2. The number of ether oxygens (including phenoxy) is 1. The van der Waals surface area contributed by atoms with Crippen LogP contribution in [-0.4, -0.2) is 48.6 Å². The summed E-state index contributed by atoms with van der Waals surface area (Å²) in [5, 5.41) is 2.79. The van der Waals surface area contributed by atoms with Gasteiger partial charge in [0.15, 0.2) is 6.61 Å². The van der Waals surface area contributed by atoms with Crippen LogP contribution in [0.2, 0.25) is 0 Å². The summed E-state index contributed by atoms with van der Waals surface area (Å²) in [4.78, 5) is 17.0. The Bertz CT molecular complexity index is 1120. The lowest BCUT2D eigenvalue weighted by molar-refractivity contribution is -0.118. The minimum atomic E-state index is -0.232. The molecule has 4 rings (SSSR count). The van der Waals surface area contributed by atoms with Crippen LogP contribution in [0.25, 0.3) is 0 Å². The fourth-order valence-electron chi connectivity index (χ4n) is 3.61. The van der Waals surface area contributed by atoms with Crippen molar-refractivity contribution in [1.29, 1.82) is 0 Å². The fraction of sp³-hybridized carbons (Fsp3) is 0.200. The van der Waals surface area contributed by atoms with E-state index in [0.29, 0.717) is 30.2 Å². The van der Waals surface area contributed by atoms with Gasteiger partial charge in [0.25, 0.3) is 5.91 Å². The van der Waals surface area contributed by atoms with E-state index in [1.54, 1.807) is 12.1 Å². The van der Waals surface area contributed by atoms with E-state index in [9.17, 15) is 9.18 Å². The number of carbonyl (C=O) groups is 1. The molecular formula is C25H23BrFN3O2S. The van der Waals surface area contributed by atoms with E-state index in [4.69, 9.17) is 17.0 Å². The van der Waals surface area contributed by atoms with Crippen molar-refractivity contribution in [3.63, 3.8) is 0 Å². The first-order valence-electron chi connectivity index (χ1n) is 10.6. The van der Waals surface area contributed by atoms with Crippen LogP contribution in [0.4, 0.5) is 15.8 Å². The fourth-order valence-corrected chi connectivity index (χ4v) is 4.20. The van der Waals surface area contributed by atoms with E-state index in [-0.39, 0.29) is 18.3 Å². The number of thiocarbonyl (C=S) groups is 1. The first-order chi connectivity index (χ1) is 16.0. The van der Waals surface area contributed by atoms with Gasteiger partial charge in [-0.05, 0) is 60.7 Å². The Balaban J connectivity index is 1.26. The standard InChI is InChI=1S/C25H23BrFN3O2S/c26-19-7-9-20(10-8-19)28-24(31)17-32-21-11-5-18(6-12-21)25(33)30-15-13-29(14-16-30)23-4-2-1-3-22(23)27/h1-12H,13-17H2,(H,28,31). The molecule has 5 nitrogen and oxygen atoms in total. The second-order valence-electron chi connectivity index (χ2n) is 7.60. The van der Waals surface area contributed by atoms with Gasteiger partial charge >= 0.3 is 0 Å². The summed E-state index contributed by atoms with van der Waals surface area (Å²) >= 11 is 9.04. The summed E-state index contributed by atoms with van der Waals surface area (Å²) in [7, 11) is 0. The van der Waals surface area contributed by atoms with Gasteiger partial charge in [-0.2, -0.15) is 0 Å². The lowest BCUT2D eigenvalue weighted by Gasteiger charge is -2.37. The highest BCUT2D eigenvalue weighted by Gasteiger charge is 2.21. The molecule has 170 valence electrons. The maximum atomic E-state index is 14.0. The number of rotatable bonds is 6. The van der Waals surface area contributed by atoms with Crippen molar-refractivity contribution in [2.45, 2.75) is 0 Å².